The summed E-state index contributed by atoms with van der Waals surface area (Å²) in [4.78, 5) is 41.2. The van der Waals surface area contributed by atoms with Crippen LogP contribution in [-0.4, -0.2) is 57.9 Å². The Labute approximate surface area is 204 Å². The van der Waals surface area contributed by atoms with E-state index in [1.54, 1.807) is 58.2 Å². The van der Waals surface area contributed by atoms with Crippen LogP contribution in [0.2, 0.25) is 0 Å². The molecule has 2 aromatic carbocycles. The number of carboxylic acid groups (broad SMARTS) is 1. The molecule has 1 heterocycles. The van der Waals surface area contributed by atoms with Gasteiger partial charge >= 0.3 is 11.9 Å². The fourth-order valence-corrected chi connectivity index (χ4v) is 5.60. The molecule has 1 saturated heterocycles. The van der Waals surface area contributed by atoms with E-state index in [9.17, 15) is 19.5 Å². The summed E-state index contributed by atoms with van der Waals surface area (Å²) < 4.78 is 10.7. The first-order valence-corrected chi connectivity index (χ1v) is 12.0. The van der Waals surface area contributed by atoms with Crippen molar-refractivity contribution in [2.75, 3.05) is 13.7 Å². The number of benzene rings is 2. The third-order valence-electron chi connectivity index (χ3n) is 5.95. The maximum Gasteiger partial charge on any atom is 0.329 e. The third-order valence-corrected chi connectivity index (χ3v) is 7.27. The second-order valence-electron chi connectivity index (χ2n) is 9.46. The lowest BCUT2D eigenvalue weighted by Crippen LogP contribution is -2.55. The van der Waals surface area contributed by atoms with Crippen LogP contribution < -0.4 is 4.74 Å². The van der Waals surface area contributed by atoms with Gasteiger partial charge < -0.3 is 19.5 Å². The van der Waals surface area contributed by atoms with E-state index in [-0.39, 0.29) is 24.1 Å². The minimum atomic E-state index is -1.59. The van der Waals surface area contributed by atoms with Gasteiger partial charge in [-0.1, -0.05) is 18.2 Å². The van der Waals surface area contributed by atoms with Crippen molar-refractivity contribution in [1.82, 2.24) is 4.90 Å². The summed E-state index contributed by atoms with van der Waals surface area (Å²) in [6.07, 6.45) is -0.119. The molecule has 2 aromatic rings. The van der Waals surface area contributed by atoms with Crippen molar-refractivity contribution in [3.63, 3.8) is 0 Å². The highest BCUT2D eigenvalue weighted by atomic mass is 32.2. The van der Waals surface area contributed by atoms with Gasteiger partial charge in [0.2, 0.25) is 0 Å². The van der Waals surface area contributed by atoms with Gasteiger partial charge in [-0.15, -0.1) is 11.8 Å². The summed E-state index contributed by atoms with van der Waals surface area (Å²) in [5.41, 5.74) is -1.89. The first kappa shape index (κ1) is 25.6. The molecule has 0 saturated carbocycles. The minimum absolute atomic E-state index is 0.119. The Hall–Kier alpha value is -3.00. The van der Waals surface area contributed by atoms with E-state index in [2.05, 4.69) is 0 Å². The summed E-state index contributed by atoms with van der Waals surface area (Å²) in [5.74, 6) is -1.98. The van der Waals surface area contributed by atoms with Crippen LogP contribution in [0.1, 0.15) is 44.5 Å². The van der Waals surface area contributed by atoms with Crippen molar-refractivity contribution in [3.8, 4) is 5.75 Å². The lowest BCUT2D eigenvalue weighted by atomic mass is 9.83. The standard InChI is InChI=1S/C26H31NO6S/c1-25(2,3)33-22(28)15-20-21(34-19-13-11-18(32-5)12-14-19)16-27(26(20,4)24(30)31)23(29)17-9-7-6-8-10-17/h6-14,20-21H,15-16H2,1-5H3,(H,30,31)/t20-,21+,26-/m0/s1. The molecule has 0 bridgehead atoms. The van der Waals surface area contributed by atoms with E-state index in [1.165, 1.54) is 23.6 Å². The number of hydrogen-bond donors (Lipinski definition) is 1. The Balaban J connectivity index is 1.98. The van der Waals surface area contributed by atoms with Crippen LogP contribution in [0.3, 0.4) is 0 Å². The van der Waals surface area contributed by atoms with Crippen LogP contribution in [-0.2, 0) is 14.3 Å². The van der Waals surface area contributed by atoms with E-state index in [0.29, 0.717) is 11.3 Å². The van der Waals surface area contributed by atoms with Gasteiger partial charge in [0, 0.05) is 28.2 Å². The van der Waals surface area contributed by atoms with Gasteiger partial charge in [-0.05, 0) is 64.1 Å². The number of likely N-dealkylation sites (tertiary alicyclic amines) is 1. The van der Waals surface area contributed by atoms with E-state index in [4.69, 9.17) is 9.47 Å². The van der Waals surface area contributed by atoms with E-state index < -0.39 is 29.0 Å². The van der Waals surface area contributed by atoms with Gasteiger partial charge in [0.05, 0.1) is 13.5 Å². The molecule has 182 valence electrons. The van der Waals surface area contributed by atoms with Crippen LogP contribution in [0.4, 0.5) is 0 Å². The molecule has 0 spiro atoms. The number of esters is 1. The van der Waals surface area contributed by atoms with Gasteiger partial charge in [-0.25, -0.2) is 4.79 Å². The van der Waals surface area contributed by atoms with Crippen molar-refractivity contribution in [3.05, 3.63) is 60.2 Å². The van der Waals surface area contributed by atoms with Crippen LogP contribution in [0.15, 0.2) is 59.5 Å². The summed E-state index contributed by atoms with van der Waals surface area (Å²) in [7, 11) is 1.58. The topological polar surface area (TPSA) is 93.1 Å². The third kappa shape index (κ3) is 5.55. The van der Waals surface area contributed by atoms with Gasteiger partial charge in [0.15, 0.2) is 0 Å². The Bertz CT molecular complexity index is 1030. The SMILES string of the molecule is COc1ccc(S[C@@H]2CN(C(=O)c3ccccc3)[C@](C)(C(=O)O)[C@H]2CC(=O)OC(C)(C)C)cc1. The van der Waals surface area contributed by atoms with Crippen molar-refractivity contribution in [2.45, 2.75) is 55.4 Å². The summed E-state index contributed by atoms with van der Waals surface area (Å²) in [6.45, 7) is 7.01. The highest BCUT2D eigenvalue weighted by Crippen LogP contribution is 2.46. The predicted octanol–water partition coefficient (Wildman–Crippen LogP) is 4.50. The van der Waals surface area contributed by atoms with Crippen molar-refractivity contribution in [2.24, 2.45) is 5.92 Å². The molecule has 0 aromatic heterocycles. The maximum absolute atomic E-state index is 13.4. The van der Waals surface area contributed by atoms with Gasteiger partial charge in [0.1, 0.15) is 16.9 Å². The Kier molecular flexibility index (Phi) is 7.60. The molecule has 1 aliphatic rings. The largest absolute Gasteiger partial charge is 0.497 e. The molecular formula is C26H31NO6S. The quantitative estimate of drug-likeness (QED) is 0.577. The minimum Gasteiger partial charge on any atom is -0.497 e. The number of ether oxygens (including phenoxy) is 2. The highest BCUT2D eigenvalue weighted by molar-refractivity contribution is 8.00. The number of carbonyl (C=O) groups is 3. The first-order valence-electron chi connectivity index (χ1n) is 11.1. The van der Waals surface area contributed by atoms with Crippen molar-refractivity contribution >= 4 is 29.6 Å². The molecule has 0 unspecified atom stereocenters. The number of carbonyl (C=O) groups excluding carboxylic acids is 2. The summed E-state index contributed by atoms with van der Waals surface area (Å²) in [6, 6.07) is 16.0. The monoisotopic (exact) mass is 485 g/mol. The second-order valence-corrected chi connectivity index (χ2v) is 10.8. The van der Waals surface area contributed by atoms with Gasteiger partial charge in [-0.2, -0.15) is 0 Å². The van der Waals surface area contributed by atoms with Crippen LogP contribution >= 0.6 is 11.8 Å². The fourth-order valence-electron chi connectivity index (χ4n) is 4.20. The van der Waals surface area contributed by atoms with Gasteiger partial charge in [-0.3, -0.25) is 9.59 Å². The van der Waals surface area contributed by atoms with Crippen LogP contribution in [0.25, 0.3) is 0 Å². The molecule has 3 atom stereocenters. The van der Waals surface area contributed by atoms with Gasteiger partial charge in [0.25, 0.3) is 5.91 Å². The lowest BCUT2D eigenvalue weighted by Gasteiger charge is -2.35. The average Bonchev–Trinajstić information content (AvgIpc) is 3.05. The van der Waals surface area contributed by atoms with Crippen molar-refractivity contribution in [1.29, 1.82) is 0 Å². The van der Waals surface area contributed by atoms with Crippen LogP contribution in [0.5, 0.6) is 5.75 Å². The molecule has 34 heavy (non-hydrogen) atoms. The predicted molar refractivity (Wildman–Crippen MR) is 130 cm³/mol. The average molecular weight is 486 g/mol. The smallest absolute Gasteiger partial charge is 0.329 e. The number of thioether (sulfide) groups is 1. The number of methoxy groups -OCH3 is 1. The number of aliphatic carboxylic acids is 1. The summed E-state index contributed by atoms with van der Waals surface area (Å²) in [5, 5.41) is 10.00. The highest BCUT2D eigenvalue weighted by Gasteiger charge is 2.58. The van der Waals surface area contributed by atoms with E-state index >= 15 is 0 Å². The first-order chi connectivity index (χ1) is 16.0. The van der Waals surface area contributed by atoms with Crippen LogP contribution in [0, 0.1) is 5.92 Å². The normalized spacial score (nSPS) is 22.3. The molecule has 0 radical (unpaired) electrons. The molecule has 3 rings (SSSR count). The number of amides is 1. The molecule has 1 N–H and O–H groups in total. The number of hydrogen-bond acceptors (Lipinski definition) is 6. The zero-order chi connectivity index (χ0) is 25.1. The molecule has 7 nitrogen and oxygen atoms in total. The maximum atomic E-state index is 13.4. The number of carboxylic acids is 1. The Morgan fingerprint density at radius 2 is 1.71 bits per heavy atom. The summed E-state index contributed by atoms with van der Waals surface area (Å²) >= 11 is 1.45. The van der Waals surface area contributed by atoms with E-state index in [0.717, 1.165) is 4.90 Å². The second kappa shape index (κ2) is 10.1. The zero-order valence-electron chi connectivity index (χ0n) is 20.1. The Morgan fingerprint density at radius 1 is 1.09 bits per heavy atom. The van der Waals surface area contributed by atoms with Crippen molar-refractivity contribution < 1.29 is 29.0 Å². The lowest BCUT2D eigenvalue weighted by molar-refractivity contribution is -0.158. The molecule has 1 aliphatic heterocycles. The fraction of sp³-hybridized carbons (Fsp3) is 0.423. The molecular weight excluding hydrogens is 454 g/mol. The zero-order valence-corrected chi connectivity index (χ0v) is 20.9. The molecule has 1 amide bonds. The number of nitrogens with zero attached hydrogens (tertiary/aromatic N) is 1. The number of rotatable bonds is 7. The van der Waals surface area contributed by atoms with E-state index in [1.807, 2.05) is 24.3 Å². The molecule has 0 aliphatic carbocycles. The molecule has 1 fully saturated rings. The Morgan fingerprint density at radius 3 is 2.24 bits per heavy atom. The molecule has 8 heteroatoms.